The van der Waals surface area contributed by atoms with E-state index in [-0.39, 0.29) is 30.6 Å². The Bertz CT molecular complexity index is 1130. The first-order valence-corrected chi connectivity index (χ1v) is 11.8. The van der Waals surface area contributed by atoms with Gasteiger partial charge in [0.05, 0.1) is 30.9 Å². The number of carbonyl (C=O) groups excluding carboxylic acids is 1. The number of aliphatic hydroxyl groups excluding tert-OH is 1. The molecule has 1 saturated carbocycles. The summed E-state index contributed by atoms with van der Waals surface area (Å²) in [5.74, 6) is -0.306. The van der Waals surface area contributed by atoms with Crippen LogP contribution in [0.4, 0.5) is 9.18 Å². The van der Waals surface area contributed by atoms with Crippen LogP contribution in [0.5, 0.6) is 0 Å². The highest BCUT2D eigenvalue weighted by Gasteiger charge is 2.47. The molecule has 1 atom stereocenters. The van der Waals surface area contributed by atoms with Crippen LogP contribution in [-0.2, 0) is 17.8 Å². The molecule has 5 rings (SSSR count). The normalized spacial score (nSPS) is 23.6. The van der Waals surface area contributed by atoms with Gasteiger partial charge in [0.2, 0.25) is 0 Å². The van der Waals surface area contributed by atoms with E-state index in [4.69, 9.17) is 4.74 Å². The number of hydrogen-bond donors (Lipinski definition) is 2. The van der Waals surface area contributed by atoms with Crippen LogP contribution in [0.2, 0.25) is 0 Å². The molecule has 2 amide bonds. The molecule has 2 aliphatic rings. The maximum absolute atomic E-state index is 13.6. The molecule has 6 heteroatoms. The Morgan fingerprint density at radius 1 is 1.03 bits per heavy atom. The molecular weight excluding hydrogens is 431 g/mol. The van der Waals surface area contributed by atoms with Crippen molar-refractivity contribution in [3.8, 4) is 0 Å². The minimum atomic E-state index is -0.692. The zero-order chi connectivity index (χ0) is 23.5. The second-order valence-electron chi connectivity index (χ2n) is 9.29. The number of nitrogens with zero attached hydrogens (tertiary/aromatic N) is 1. The molecule has 2 N–H and O–H groups in total. The molecule has 1 fully saturated rings. The Morgan fingerprint density at radius 2 is 1.74 bits per heavy atom. The molecule has 1 aliphatic carbocycles. The van der Waals surface area contributed by atoms with Crippen LogP contribution in [0.25, 0.3) is 0 Å². The molecule has 34 heavy (non-hydrogen) atoms. The van der Waals surface area contributed by atoms with Crippen molar-refractivity contribution in [3.05, 3.63) is 107 Å². The number of urea groups is 1. The van der Waals surface area contributed by atoms with Crippen molar-refractivity contribution in [1.82, 2.24) is 10.2 Å². The van der Waals surface area contributed by atoms with Gasteiger partial charge < -0.3 is 20.1 Å². The number of carbonyl (C=O) groups is 1. The summed E-state index contributed by atoms with van der Waals surface area (Å²) >= 11 is 0. The van der Waals surface area contributed by atoms with Crippen LogP contribution < -0.4 is 5.32 Å². The topological polar surface area (TPSA) is 61.8 Å². The molecule has 0 radical (unpaired) electrons. The van der Waals surface area contributed by atoms with Crippen LogP contribution in [0.3, 0.4) is 0 Å². The summed E-state index contributed by atoms with van der Waals surface area (Å²) in [4.78, 5) is 15.3. The van der Waals surface area contributed by atoms with Gasteiger partial charge in [-0.1, -0.05) is 66.7 Å². The maximum atomic E-state index is 13.6. The van der Waals surface area contributed by atoms with E-state index >= 15 is 0 Å². The first kappa shape index (κ1) is 22.6. The van der Waals surface area contributed by atoms with Gasteiger partial charge in [0.15, 0.2) is 0 Å². The lowest BCUT2D eigenvalue weighted by Crippen LogP contribution is -2.64. The molecule has 5 nitrogen and oxygen atoms in total. The highest BCUT2D eigenvalue weighted by molar-refractivity contribution is 5.77. The summed E-state index contributed by atoms with van der Waals surface area (Å²) in [6.07, 6.45) is 1.86. The van der Waals surface area contributed by atoms with Gasteiger partial charge in [0.25, 0.3) is 0 Å². The number of nitrogens with one attached hydrogen (secondary N) is 1. The van der Waals surface area contributed by atoms with Crippen molar-refractivity contribution in [3.63, 3.8) is 0 Å². The van der Waals surface area contributed by atoms with Crippen LogP contribution >= 0.6 is 0 Å². The first-order valence-electron chi connectivity index (χ1n) is 11.8. The number of aliphatic hydroxyl groups is 1. The monoisotopic (exact) mass is 460 g/mol. The Morgan fingerprint density at radius 3 is 2.47 bits per heavy atom. The molecule has 3 aromatic carbocycles. The van der Waals surface area contributed by atoms with Crippen LogP contribution in [0.15, 0.2) is 78.9 Å². The second-order valence-corrected chi connectivity index (χ2v) is 9.29. The SMILES string of the molecule is O=C(NC1(CO)CC(OCc2ccccc2)C1)N1CCc2ccccc2[C@@H]1c1ccc(F)cc1. The van der Waals surface area contributed by atoms with Crippen molar-refractivity contribution in [1.29, 1.82) is 0 Å². The molecule has 0 spiro atoms. The summed E-state index contributed by atoms with van der Waals surface area (Å²) in [5.41, 5.74) is 3.51. The summed E-state index contributed by atoms with van der Waals surface area (Å²) in [7, 11) is 0. The summed E-state index contributed by atoms with van der Waals surface area (Å²) < 4.78 is 19.6. The molecule has 3 aromatic rings. The van der Waals surface area contributed by atoms with Gasteiger partial charge in [-0.25, -0.2) is 9.18 Å². The van der Waals surface area contributed by atoms with E-state index in [1.807, 2.05) is 48.5 Å². The molecule has 0 aromatic heterocycles. The Balaban J connectivity index is 1.29. The van der Waals surface area contributed by atoms with Crippen molar-refractivity contribution < 1.29 is 19.0 Å². The predicted octanol–water partition coefficient (Wildman–Crippen LogP) is 4.59. The van der Waals surface area contributed by atoms with Crippen LogP contribution in [0, 0.1) is 5.82 Å². The average Bonchev–Trinajstić information content (AvgIpc) is 2.85. The summed E-state index contributed by atoms with van der Waals surface area (Å²) in [5, 5.41) is 13.2. The highest BCUT2D eigenvalue weighted by Crippen LogP contribution is 2.38. The quantitative estimate of drug-likeness (QED) is 0.566. The fraction of sp³-hybridized carbons (Fsp3) is 0.321. The molecule has 176 valence electrons. The van der Waals surface area contributed by atoms with Gasteiger partial charge in [-0.2, -0.15) is 0 Å². The minimum absolute atomic E-state index is 0.0115. The Labute approximate surface area is 199 Å². The third-order valence-corrected chi connectivity index (χ3v) is 6.97. The van der Waals surface area contributed by atoms with Crippen LogP contribution in [0.1, 0.15) is 41.1 Å². The maximum Gasteiger partial charge on any atom is 0.318 e. The van der Waals surface area contributed by atoms with Crippen molar-refractivity contribution in [2.24, 2.45) is 0 Å². The predicted molar refractivity (Wildman–Crippen MR) is 128 cm³/mol. The van der Waals surface area contributed by atoms with Gasteiger partial charge in [-0.05, 0) is 53.6 Å². The molecule has 0 bridgehead atoms. The van der Waals surface area contributed by atoms with Gasteiger partial charge >= 0.3 is 6.03 Å². The lowest BCUT2D eigenvalue weighted by Gasteiger charge is -2.48. The lowest BCUT2D eigenvalue weighted by atomic mass is 9.74. The van der Waals surface area contributed by atoms with Crippen LogP contribution in [-0.4, -0.2) is 40.8 Å². The number of ether oxygens (including phenoxy) is 1. The number of amides is 2. The van der Waals surface area contributed by atoms with E-state index in [2.05, 4.69) is 11.4 Å². The third-order valence-electron chi connectivity index (χ3n) is 6.97. The van der Waals surface area contributed by atoms with Gasteiger partial charge in [0.1, 0.15) is 5.82 Å². The largest absolute Gasteiger partial charge is 0.394 e. The number of fused-ring (bicyclic) bond motifs is 1. The minimum Gasteiger partial charge on any atom is -0.394 e. The standard InChI is InChI=1S/C28H29FN2O3/c29-23-12-10-22(11-13-23)26-25-9-5-4-8-21(25)14-15-31(26)27(33)30-28(19-32)16-24(17-28)34-18-20-6-2-1-3-7-20/h1-13,24,26,32H,14-19H2,(H,30,33)/t24?,26-,28?/m0/s1. The Hall–Kier alpha value is -3.22. The van der Waals surface area contributed by atoms with E-state index in [1.54, 1.807) is 17.0 Å². The fourth-order valence-corrected chi connectivity index (χ4v) is 5.08. The number of benzene rings is 3. The number of rotatable bonds is 6. The molecule has 1 heterocycles. The van der Waals surface area contributed by atoms with Crippen molar-refractivity contribution >= 4 is 6.03 Å². The van der Waals surface area contributed by atoms with Crippen molar-refractivity contribution in [2.45, 2.75) is 43.6 Å². The number of halogens is 1. The fourth-order valence-electron chi connectivity index (χ4n) is 5.08. The van der Waals surface area contributed by atoms with E-state index < -0.39 is 5.54 Å². The smallest absolute Gasteiger partial charge is 0.318 e. The average molecular weight is 461 g/mol. The van der Waals surface area contributed by atoms with Gasteiger partial charge in [-0.3, -0.25) is 0 Å². The molecule has 0 saturated heterocycles. The zero-order valence-electron chi connectivity index (χ0n) is 19.0. The lowest BCUT2D eigenvalue weighted by molar-refractivity contribution is -0.0770. The van der Waals surface area contributed by atoms with Gasteiger partial charge in [0, 0.05) is 6.54 Å². The molecule has 0 unspecified atom stereocenters. The Kier molecular flexibility index (Phi) is 6.35. The van der Waals surface area contributed by atoms with E-state index in [9.17, 15) is 14.3 Å². The molecule has 1 aliphatic heterocycles. The van der Waals surface area contributed by atoms with E-state index in [0.29, 0.717) is 26.0 Å². The zero-order valence-corrected chi connectivity index (χ0v) is 19.0. The first-order chi connectivity index (χ1) is 16.6. The molecular formula is C28H29FN2O3. The van der Waals surface area contributed by atoms with Gasteiger partial charge in [-0.15, -0.1) is 0 Å². The van der Waals surface area contributed by atoms with E-state index in [1.165, 1.54) is 17.7 Å². The second kappa shape index (κ2) is 9.57. The summed E-state index contributed by atoms with van der Waals surface area (Å²) in [6, 6.07) is 23.8. The summed E-state index contributed by atoms with van der Waals surface area (Å²) in [6.45, 7) is 0.909. The van der Waals surface area contributed by atoms with Crippen molar-refractivity contribution in [2.75, 3.05) is 13.2 Å². The van der Waals surface area contributed by atoms with E-state index in [0.717, 1.165) is 23.1 Å². The third kappa shape index (κ3) is 4.56. The highest BCUT2D eigenvalue weighted by atomic mass is 19.1. The number of hydrogen-bond acceptors (Lipinski definition) is 3.